The zero-order valence-corrected chi connectivity index (χ0v) is 17.1. The van der Waals surface area contributed by atoms with Crippen LogP contribution in [-0.4, -0.2) is 30.8 Å². The van der Waals surface area contributed by atoms with Gasteiger partial charge in [0.15, 0.2) is 0 Å². The Morgan fingerprint density at radius 3 is 2.56 bits per heavy atom. The van der Waals surface area contributed by atoms with Crippen LogP contribution in [0.15, 0.2) is 36.4 Å². The second-order valence-corrected chi connectivity index (χ2v) is 7.50. The smallest absolute Gasteiger partial charge is 0.416 e. The summed E-state index contributed by atoms with van der Waals surface area (Å²) in [6.45, 7) is 3.54. The molecule has 0 aliphatic heterocycles. The Hall–Kier alpha value is -3.69. The summed E-state index contributed by atoms with van der Waals surface area (Å²) in [5.41, 5.74) is 2.27. The number of nitrogens with one attached hydrogen (secondary N) is 1. The van der Waals surface area contributed by atoms with Crippen LogP contribution >= 0.6 is 0 Å². The first kappa shape index (κ1) is 21.5. The lowest BCUT2D eigenvalue weighted by molar-refractivity contribution is -0.138. The molecule has 0 aliphatic rings. The molecule has 2 N–H and O–H groups in total. The van der Waals surface area contributed by atoms with Crippen molar-refractivity contribution in [1.29, 1.82) is 0 Å². The van der Waals surface area contributed by atoms with Gasteiger partial charge in [0.2, 0.25) is 0 Å². The zero-order chi connectivity index (χ0) is 23.2. The van der Waals surface area contributed by atoms with Crippen LogP contribution in [0, 0.1) is 19.7 Å². The van der Waals surface area contributed by atoms with E-state index in [1.165, 1.54) is 12.1 Å². The molecule has 0 radical (unpaired) electrons. The van der Waals surface area contributed by atoms with Crippen LogP contribution in [0.3, 0.4) is 0 Å². The summed E-state index contributed by atoms with van der Waals surface area (Å²) in [5.74, 6) is -1.26. The molecule has 0 atom stereocenters. The van der Waals surface area contributed by atoms with Crippen molar-refractivity contribution in [3.05, 3.63) is 70.3 Å². The molecule has 0 saturated carbocycles. The summed E-state index contributed by atoms with van der Waals surface area (Å²) in [6.07, 6.45) is -4.64. The first-order valence-corrected chi connectivity index (χ1v) is 9.63. The average molecular weight is 446 g/mol. The maximum atomic E-state index is 14.8. The maximum absolute atomic E-state index is 14.8. The molecule has 0 bridgehead atoms. The van der Waals surface area contributed by atoms with E-state index in [0.29, 0.717) is 33.6 Å². The average Bonchev–Trinajstić information content (AvgIpc) is 3.24. The normalized spacial score (nSPS) is 11.9. The van der Waals surface area contributed by atoms with E-state index in [2.05, 4.69) is 15.1 Å². The molecule has 2 aromatic heterocycles. The lowest BCUT2D eigenvalue weighted by Gasteiger charge is -2.08. The van der Waals surface area contributed by atoms with Gasteiger partial charge in [0.1, 0.15) is 11.6 Å². The van der Waals surface area contributed by atoms with Gasteiger partial charge in [0.05, 0.1) is 35.3 Å². The molecule has 0 aliphatic carbocycles. The summed E-state index contributed by atoms with van der Waals surface area (Å²) >= 11 is 0. The molecule has 4 rings (SSSR count). The van der Waals surface area contributed by atoms with Gasteiger partial charge in [-0.1, -0.05) is 12.1 Å². The number of carboxylic acid groups (broad SMARTS) is 1. The Kier molecular flexibility index (Phi) is 5.23. The number of halogens is 4. The lowest BCUT2D eigenvalue weighted by Crippen LogP contribution is -2.07. The molecule has 4 aromatic rings. The molecule has 166 valence electrons. The van der Waals surface area contributed by atoms with Crippen molar-refractivity contribution in [1.82, 2.24) is 19.7 Å². The molecular weight excluding hydrogens is 428 g/mol. The minimum Gasteiger partial charge on any atom is -0.481 e. The van der Waals surface area contributed by atoms with E-state index in [9.17, 15) is 22.4 Å². The number of rotatable bonds is 5. The summed E-state index contributed by atoms with van der Waals surface area (Å²) in [6, 6.07) is 7.59. The highest BCUT2D eigenvalue weighted by Gasteiger charge is 2.30. The number of hydrogen-bond acceptors (Lipinski definition) is 3. The lowest BCUT2D eigenvalue weighted by atomic mass is 10.1. The minimum absolute atomic E-state index is 0.105. The van der Waals surface area contributed by atoms with Crippen molar-refractivity contribution in [2.24, 2.45) is 0 Å². The standard InChI is InChI=1S/C22H18F4N4O2/c1-11-16(9-20(31)32)12(2)30(29-11)10-14-4-3-13(7-17(14)23)21-27-18-6-5-15(22(24,25)26)8-19(18)28-21/h3-8H,9-10H2,1-2H3,(H,27,28)(H,31,32). The van der Waals surface area contributed by atoms with Gasteiger partial charge >= 0.3 is 12.1 Å². The number of carbonyl (C=O) groups is 1. The third-order valence-corrected chi connectivity index (χ3v) is 5.32. The van der Waals surface area contributed by atoms with Crippen molar-refractivity contribution in [3.8, 4) is 11.4 Å². The molecule has 0 unspecified atom stereocenters. The molecule has 2 aromatic carbocycles. The van der Waals surface area contributed by atoms with E-state index >= 15 is 0 Å². The summed E-state index contributed by atoms with van der Waals surface area (Å²) in [7, 11) is 0. The molecule has 0 amide bonds. The highest BCUT2D eigenvalue weighted by Crippen LogP contribution is 2.32. The molecular formula is C22H18F4N4O2. The van der Waals surface area contributed by atoms with Crippen LogP contribution in [-0.2, 0) is 23.9 Å². The number of alkyl halides is 3. The second kappa shape index (κ2) is 7.77. The summed E-state index contributed by atoms with van der Waals surface area (Å²) in [5, 5.41) is 13.4. The predicted octanol–water partition coefficient (Wildman–Crippen LogP) is 4.88. The van der Waals surface area contributed by atoms with Crippen LogP contribution in [0.2, 0.25) is 0 Å². The number of hydrogen-bond donors (Lipinski definition) is 2. The van der Waals surface area contributed by atoms with Crippen LogP contribution in [0.4, 0.5) is 17.6 Å². The van der Waals surface area contributed by atoms with Crippen molar-refractivity contribution < 1.29 is 27.5 Å². The summed E-state index contributed by atoms with van der Waals surface area (Å²) in [4.78, 5) is 18.1. The van der Waals surface area contributed by atoms with Gasteiger partial charge in [-0.2, -0.15) is 18.3 Å². The fourth-order valence-electron chi connectivity index (χ4n) is 3.60. The molecule has 32 heavy (non-hydrogen) atoms. The number of H-pyrrole nitrogens is 1. The van der Waals surface area contributed by atoms with Crippen LogP contribution in [0.25, 0.3) is 22.4 Å². The number of fused-ring (bicyclic) bond motifs is 1. The molecule has 0 fully saturated rings. The van der Waals surface area contributed by atoms with E-state index in [-0.39, 0.29) is 24.3 Å². The fraction of sp³-hybridized carbons (Fsp3) is 0.227. The highest BCUT2D eigenvalue weighted by atomic mass is 19.4. The number of aromatic amines is 1. The van der Waals surface area contributed by atoms with Crippen LogP contribution in [0.5, 0.6) is 0 Å². The largest absolute Gasteiger partial charge is 0.481 e. The van der Waals surface area contributed by atoms with Gasteiger partial charge in [-0.25, -0.2) is 9.37 Å². The predicted molar refractivity (Wildman–Crippen MR) is 109 cm³/mol. The Morgan fingerprint density at radius 1 is 1.16 bits per heavy atom. The number of aryl methyl sites for hydroxylation is 1. The first-order valence-electron chi connectivity index (χ1n) is 9.63. The van der Waals surface area contributed by atoms with Crippen molar-refractivity contribution >= 4 is 17.0 Å². The number of aliphatic carboxylic acids is 1. The number of nitrogens with zero attached hydrogens (tertiary/aromatic N) is 3. The van der Waals surface area contributed by atoms with Gasteiger partial charge in [0.25, 0.3) is 0 Å². The monoisotopic (exact) mass is 446 g/mol. The highest BCUT2D eigenvalue weighted by molar-refractivity contribution is 5.80. The zero-order valence-electron chi connectivity index (χ0n) is 17.1. The van der Waals surface area contributed by atoms with E-state index in [1.807, 2.05) is 0 Å². The van der Waals surface area contributed by atoms with E-state index in [1.54, 1.807) is 30.7 Å². The first-order chi connectivity index (χ1) is 15.0. The Balaban J connectivity index is 1.62. The second-order valence-electron chi connectivity index (χ2n) is 7.50. The molecule has 0 saturated heterocycles. The van der Waals surface area contributed by atoms with Crippen molar-refractivity contribution in [2.75, 3.05) is 0 Å². The topological polar surface area (TPSA) is 83.8 Å². The number of carboxylic acids is 1. The third kappa shape index (κ3) is 4.08. The van der Waals surface area contributed by atoms with Crippen molar-refractivity contribution in [2.45, 2.75) is 33.0 Å². The Morgan fingerprint density at radius 2 is 1.91 bits per heavy atom. The van der Waals surface area contributed by atoms with Gasteiger partial charge in [-0.3, -0.25) is 9.48 Å². The Labute approximate surface area is 179 Å². The van der Waals surface area contributed by atoms with Gasteiger partial charge < -0.3 is 10.1 Å². The van der Waals surface area contributed by atoms with Crippen LogP contribution in [0.1, 0.15) is 28.1 Å². The fourth-order valence-corrected chi connectivity index (χ4v) is 3.60. The molecule has 2 heterocycles. The SMILES string of the molecule is Cc1nn(Cc2ccc(-c3nc4ccc(C(F)(F)F)cc4[nH]3)cc2F)c(C)c1CC(=O)O. The molecule has 0 spiro atoms. The molecule has 6 nitrogen and oxygen atoms in total. The van der Waals surface area contributed by atoms with E-state index < -0.39 is 23.5 Å². The number of benzene rings is 2. The van der Waals surface area contributed by atoms with E-state index in [4.69, 9.17) is 5.11 Å². The van der Waals surface area contributed by atoms with Gasteiger partial charge in [0, 0.05) is 22.4 Å². The minimum atomic E-state index is -4.47. The van der Waals surface area contributed by atoms with Gasteiger partial charge in [-0.15, -0.1) is 0 Å². The molecule has 10 heteroatoms. The Bertz CT molecular complexity index is 1340. The number of imidazole rings is 1. The summed E-state index contributed by atoms with van der Waals surface area (Å²) < 4.78 is 55.1. The number of aromatic nitrogens is 4. The van der Waals surface area contributed by atoms with Crippen LogP contribution < -0.4 is 0 Å². The maximum Gasteiger partial charge on any atom is 0.416 e. The quantitative estimate of drug-likeness (QED) is 0.428. The van der Waals surface area contributed by atoms with Crippen molar-refractivity contribution in [3.63, 3.8) is 0 Å². The van der Waals surface area contributed by atoms with Gasteiger partial charge in [-0.05, 0) is 38.1 Å². The third-order valence-electron chi connectivity index (χ3n) is 5.32. The van der Waals surface area contributed by atoms with E-state index in [0.717, 1.165) is 12.1 Å².